The number of halogens is 1. The number of nitrogens with one attached hydrogen (secondary N) is 1. The van der Waals surface area contributed by atoms with Gasteiger partial charge in [-0.1, -0.05) is 20.8 Å². The van der Waals surface area contributed by atoms with Crippen LogP contribution in [0.3, 0.4) is 0 Å². The van der Waals surface area contributed by atoms with Crippen LogP contribution in [0.4, 0.5) is 21.8 Å². The van der Waals surface area contributed by atoms with E-state index in [0.29, 0.717) is 23.1 Å². The van der Waals surface area contributed by atoms with Crippen molar-refractivity contribution in [2.45, 2.75) is 26.7 Å². The molecule has 6 rings (SSSR count). The lowest BCUT2D eigenvalue weighted by atomic mass is 9.72. The number of anilines is 3. The number of rotatable bonds is 6. The number of nitrogens with zero attached hydrogens (tertiary/aromatic N) is 6. The van der Waals surface area contributed by atoms with Crippen LogP contribution < -0.4 is 10.2 Å². The van der Waals surface area contributed by atoms with Crippen molar-refractivity contribution in [2.75, 3.05) is 42.9 Å². The fraction of sp³-hybridized carbons (Fsp3) is 0.385. The van der Waals surface area contributed by atoms with E-state index in [0.717, 1.165) is 40.4 Å². The molecule has 2 saturated heterocycles. The second-order valence-electron chi connectivity index (χ2n) is 9.96. The van der Waals surface area contributed by atoms with Crippen LogP contribution in [0.2, 0.25) is 0 Å². The van der Waals surface area contributed by atoms with Crippen LogP contribution in [0.1, 0.15) is 32.3 Å². The molecule has 0 aliphatic carbocycles. The molecule has 1 N–H and O–H groups in total. The number of likely N-dealkylation sites (tertiary alicyclic amines) is 1. The molecule has 0 atom stereocenters. The summed E-state index contributed by atoms with van der Waals surface area (Å²) in [6.45, 7) is 12.2. The Kier molecular flexibility index (Phi) is 5.41. The Bertz CT molecular complexity index is 1370. The lowest BCUT2D eigenvalue weighted by Gasteiger charge is -2.61. The van der Waals surface area contributed by atoms with Gasteiger partial charge in [0.2, 0.25) is 5.95 Å². The monoisotopic (exact) mass is 489 g/mol. The third-order valence-electron chi connectivity index (χ3n) is 7.01. The van der Waals surface area contributed by atoms with Crippen molar-refractivity contribution in [3.63, 3.8) is 0 Å². The fourth-order valence-electron chi connectivity index (χ4n) is 5.16. The van der Waals surface area contributed by atoms with Crippen molar-refractivity contribution in [2.24, 2.45) is 5.41 Å². The topological polar surface area (TPSA) is 70.1 Å². The maximum Gasteiger partial charge on any atom is 0.229 e. The first-order chi connectivity index (χ1) is 16.9. The SMILES string of the molecule is CCN1CC2(C1)CN(c1ccc(Nc3ncc(F)c(-c4cc5nccc(C(C)C)c5s4)n3)nc1)C2. The zero-order chi connectivity index (χ0) is 24.2. The van der Waals surface area contributed by atoms with Crippen molar-refractivity contribution in [3.8, 4) is 10.6 Å². The van der Waals surface area contributed by atoms with Gasteiger partial charge >= 0.3 is 0 Å². The van der Waals surface area contributed by atoms with Gasteiger partial charge in [-0.15, -0.1) is 11.3 Å². The van der Waals surface area contributed by atoms with E-state index in [1.54, 1.807) is 6.20 Å². The van der Waals surface area contributed by atoms with E-state index in [4.69, 9.17) is 0 Å². The number of pyridine rings is 2. The van der Waals surface area contributed by atoms with Gasteiger partial charge in [-0.05, 0) is 42.3 Å². The average molecular weight is 490 g/mol. The van der Waals surface area contributed by atoms with Gasteiger partial charge < -0.3 is 15.1 Å². The van der Waals surface area contributed by atoms with E-state index < -0.39 is 5.82 Å². The molecule has 0 amide bonds. The first kappa shape index (κ1) is 22.3. The summed E-state index contributed by atoms with van der Waals surface area (Å²) < 4.78 is 15.8. The zero-order valence-electron chi connectivity index (χ0n) is 20.1. The highest BCUT2D eigenvalue weighted by Gasteiger charge is 2.51. The molecule has 1 spiro atoms. The summed E-state index contributed by atoms with van der Waals surface area (Å²) >= 11 is 1.51. The standard InChI is InChI=1S/C26H28FN7S/c1-4-33-12-26(13-33)14-34(15-26)17-5-6-22(29-10-17)31-25-30-11-19(27)23(32-25)21-9-20-24(35-21)18(16(2)3)7-8-28-20/h5-11,16H,4,12-15H2,1-3H3,(H,29,30,31,32). The maximum absolute atomic E-state index is 14.7. The summed E-state index contributed by atoms with van der Waals surface area (Å²) in [6.07, 6.45) is 4.89. The van der Waals surface area contributed by atoms with Crippen molar-refractivity contribution >= 4 is 39.0 Å². The molecular weight excluding hydrogens is 461 g/mol. The van der Waals surface area contributed by atoms with E-state index in [2.05, 4.69) is 61.9 Å². The maximum atomic E-state index is 14.7. The molecule has 7 nitrogen and oxygen atoms in total. The number of aromatic nitrogens is 4. The van der Waals surface area contributed by atoms with Crippen molar-refractivity contribution in [1.82, 2.24) is 24.8 Å². The lowest BCUT2D eigenvalue weighted by Crippen LogP contribution is -2.72. The van der Waals surface area contributed by atoms with Gasteiger partial charge in [0.25, 0.3) is 0 Å². The van der Waals surface area contributed by atoms with Crippen molar-refractivity contribution < 1.29 is 4.39 Å². The quantitative estimate of drug-likeness (QED) is 0.394. The Morgan fingerprint density at radius 1 is 1.09 bits per heavy atom. The van der Waals surface area contributed by atoms with Crippen LogP contribution in [-0.2, 0) is 0 Å². The molecule has 2 aliphatic heterocycles. The molecule has 9 heteroatoms. The summed E-state index contributed by atoms with van der Waals surface area (Å²) in [5, 5.41) is 3.12. The molecule has 4 aromatic heterocycles. The van der Waals surface area contributed by atoms with Crippen LogP contribution in [0.5, 0.6) is 0 Å². The molecule has 0 aromatic carbocycles. The van der Waals surface area contributed by atoms with Crippen LogP contribution in [-0.4, -0.2) is 57.6 Å². The van der Waals surface area contributed by atoms with Crippen LogP contribution in [0.25, 0.3) is 20.8 Å². The van der Waals surface area contributed by atoms with E-state index in [1.165, 1.54) is 36.2 Å². The van der Waals surface area contributed by atoms with Gasteiger partial charge in [-0.3, -0.25) is 4.98 Å². The molecule has 4 aromatic rings. The van der Waals surface area contributed by atoms with Gasteiger partial charge in [0.1, 0.15) is 11.5 Å². The molecule has 0 unspecified atom stereocenters. The molecule has 2 fully saturated rings. The molecule has 0 saturated carbocycles. The van der Waals surface area contributed by atoms with Crippen molar-refractivity contribution in [3.05, 3.63) is 54.2 Å². The van der Waals surface area contributed by atoms with Gasteiger partial charge in [0.05, 0.1) is 33.2 Å². The molecule has 0 radical (unpaired) electrons. The van der Waals surface area contributed by atoms with E-state index >= 15 is 0 Å². The number of hydrogen-bond donors (Lipinski definition) is 1. The van der Waals surface area contributed by atoms with Gasteiger partial charge in [0, 0.05) is 37.8 Å². The Hall–Kier alpha value is -3.17. The first-order valence-electron chi connectivity index (χ1n) is 12.0. The van der Waals surface area contributed by atoms with Crippen LogP contribution in [0, 0.1) is 11.2 Å². The minimum absolute atomic E-state index is 0.268. The summed E-state index contributed by atoms with van der Waals surface area (Å²) in [7, 11) is 0. The molecule has 180 valence electrons. The summed E-state index contributed by atoms with van der Waals surface area (Å²) in [4.78, 5) is 23.2. The minimum Gasteiger partial charge on any atom is -0.369 e. The van der Waals surface area contributed by atoms with Crippen LogP contribution in [0.15, 0.2) is 42.9 Å². The van der Waals surface area contributed by atoms with Crippen LogP contribution >= 0.6 is 11.3 Å². The predicted octanol–water partition coefficient (Wildman–Crippen LogP) is 5.30. The molecule has 35 heavy (non-hydrogen) atoms. The van der Waals surface area contributed by atoms with E-state index in [1.807, 2.05) is 24.4 Å². The van der Waals surface area contributed by atoms with Gasteiger partial charge in [-0.25, -0.2) is 19.3 Å². The largest absolute Gasteiger partial charge is 0.369 e. The third-order valence-corrected chi connectivity index (χ3v) is 8.19. The average Bonchev–Trinajstić information content (AvgIpc) is 3.24. The Morgan fingerprint density at radius 3 is 2.63 bits per heavy atom. The second-order valence-corrected chi connectivity index (χ2v) is 11.0. The predicted molar refractivity (Wildman–Crippen MR) is 139 cm³/mol. The normalized spacial score (nSPS) is 17.1. The summed E-state index contributed by atoms with van der Waals surface area (Å²) in [5.74, 6) is 0.839. The summed E-state index contributed by atoms with van der Waals surface area (Å²) in [6, 6.07) is 7.91. The first-order valence-corrected chi connectivity index (χ1v) is 12.9. The Balaban J connectivity index is 1.18. The minimum atomic E-state index is -0.458. The highest BCUT2D eigenvalue weighted by molar-refractivity contribution is 7.22. The number of thiophene rings is 1. The van der Waals surface area contributed by atoms with Gasteiger partial charge in [-0.2, -0.15) is 0 Å². The highest BCUT2D eigenvalue weighted by atomic mass is 32.1. The Morgan fingerprint density at radius 2 is 1.91 bits per heavy atom. The highest BCUT2D eigenvalue weighted by Crippen LogP contribution is 2.41. The molecule has 6 heterocycles. The smallest absolute Gasteiger partial charge is 0.229 e. The Labute approximate surface area is 208 Å². The van der Waals surface area contributed by atoms with E-state index in [9.17, 15) is 4.39 Å². The zero-order valence-corrected chi connectivity index (χ0v) is 20.9. The third kappa shape index (κ3) is 4.02. The molecule has 2 aliphatic rings. The number of fused-ring (bicyclic) bond motifs is 1. The van der Waals surface area contributed by atoms with E-state index in [-0.39, 0.29) is 5.69 Å². The molecule has 0 bridgehead atoms. The number of hydrogen-bond acceptors (Lipinski definition) is 8. The lowest BCUT2D eigenvalue weighted by molar-refractivity contribution is -0.0178. The molecular formula is C26H28FN7S. The fourth-order valence-corrected chi connectivity index (χ4v) is 6.43. The van der Waals surface area contributed by atoms with Gasteiger partial charge in [0.15, 0.2) is 5.82 Å². The van der Waals surface area contributed by atoms with Crippen molar-refractivity contribution in [1.29, 1.82) is 0 Å². The summed E-state index contributed by atoms with van der Waals surface area (Å²) in [5.41, 5.74) is 3.93. The second kappa shape index (κ2) is 8.49.